The van der Waals surface area contributed by atoms with Crippen molar-refractivity contribution in [2.24, 2.45) is 5.92 Å². The minimum Gasteiger partial charge on any atom is -0.371 e. The van der Waals surface area contributed by atoms with Crippen molar-refractivity contribution in [3.63, 3.8) is 0 Å². The minimum absolute atomic E-state index is 0.0998. The van der Waals surface area contributed by atoms with Gasteiger partial charge in [-0.15, -0.1) is 0 Å². The lowest BCUT2D eigenvalue weighted by molar-refractivity contribution is 0.172. The maximum atomic E-state index is 12.4. The van der Waals surface area contributed by atoms with Crippen LogP contribution in [0.5, 0.6) is 0 Å². The Morgan fingerprint density at radius 1 is 1.29 bits per heavy atom. The largest absolute Gasteiger partial charge is 0.371 e. The molecule has 1 aliphatic heterocycles. The molecule has 5 heteroatoms. The van der Waals surface area contributed by atoms with E-state index in [4.69, 9.17) is 0 Å². The summed E-state index contributed by atoms with van der Waals surface area (Å²) in [5, 5.41) is 3.16. The number of nitrogens with zero attached hydrogens (tertiary/aromatic N) is 2. The molecule has 1 atom stereocenters. The van der Waals surface area contributed by atoms with Crippen molar-refractivity contribution in [3.8, 4) is 0 Å². The van der Waals surface area contributed by atoms with E-state index >= 15 is 0 Å². The van der Waals surface area contributed by atoms with E-state index in [9.17, 15) is 4.79 Å². The van der Waals surface area contributed by atoms with Crippen LogP contribution in [0.1, 0.15) is 38.5 Å². The van der Waals surface area contributed by atoms with Crippen LogP contribution in [0.2, 0.25) is 0 Å². The van der Waals surface area contributed by atoms with E-state index in [1.54, 1.807) is 0 Å². The predicted molar refractivity (Wildman–Crippen MR) is 102 cm³/mol. The van der Waals surface area contributed by atoms with Gasteiger partial charge in [0.25, 0.3) is 0 Å². The van der Waals surface area contributed by atoms with Crippen LogP contribution in [-0.4, -0.2) is 43.7 Å². The van der Waals surface area contributed by atoms with Crippen LogP contribution in [0, 0.1) is 5.92 Å². The van der Waals surface area contributed by atoms with Gasteiger partial charge in [-0.05, 0) is 43.4 Å². The van der Waals surface area contributed by atoms with Crippen molar-refractivity contribution in [3.05, 3.63) is 28.7 Å². The van der Waals surface area contributed by atoms with Crippen LogP contribution in [0.3, 0.4) is 0 Å². The first kappa shape index (κ1) is 17.6. The highest BCUT2D eigenvalue weighted by atomic mass is 79.9. The van der Waals surface area contributed by atoms with Crippen molar-refractivity contribution in [1.29, 1.82) is 0 Å². The lowest BCUT2D eigenvalue weighted by Crippen LogP contribution is -2.45. The normalized spacial score (nSPS) is 21.8. The fourth-order valence-electron chi connectivity index (χ4n) is 3.90. The number of carbonyl (C=O) groups excluding carboxylic acids is 1. The van der Waals surface area contributed by atoms with Crippen LogP contribution in [0.4, 0.5) is 10.5 Å². The summed E-state index contributed by atoms with van der Waals surface area (Å²) in [5.74, 6) is 0.535. The van der Waals surface area contributed by atoms with Gasteiger partial charge >= 0.3 is 6.03 Å². The molecule has 2 fully saturated rings. The van der Waals surface area contributed by atoms with Gasteiger partial charge in [-0.3, -0.25) is 0 Å². The van der Waals surface area contributed by atoms with Gasteiger partial charge in [-0.2, -0.15) is 0 Å². The second-order valence-electron chi connectivity index (χ2n) is 7.17. The zero-order chi connectivity index (χ0) is 16.9. The highest BCUT2D eigenvalue weighted by Crippen LogP contribution is 2.26. The van der Waals surface area contributed by atoms with Crippen molar-refractivity contribution in [2.45, 2.75) is 44.6 Å². The molecular weight excluding hydrogens is 366 g/mol. The highest BCUT2D eigenvalue weighted by molar-refractivity contribution is 9.10. The Bertz CT molecular complexity index is 559. The monoisotopic (exact) mass is 393 g/mol. The number of nitrogens with one attached hydrogen (secondary N) is 1. The third-order valence-electron chi connectivity index (χ3n) is 5.44. The lowest BCUT2D eigenvalue weighted by atomic mass is 9.95. The summed E-state index contributed by atoms with van der Waals surface area (Å²) in [5.41, 5.74) is 1.26. The third-order valence-corrected chi connectivity index (χ3v) is 5.94. The standard InChI is InChI=1S/C19H28BrN3O/c1-22(17-7-3-2-4-8-17)19(24)21-13-15-10-11-23(14-15)18-9-5-6-16(20)12-18/h5-6,9,12,15,17H,2-4,7-8,10-11,13-14H2,1H3,(H,21,24). The van der Waals surface area contributed by atoms with Crippen LogP contribution in [-0.2, 0) is 0 Å². The Kier molecular flexibility index (Phi) is 6.04. The van der Waals surface area contributed by atoms with Crippen LogP contribution < -0.4 is 10.2 Å². The molecule has 3 rings (SSSR count). The number of benzene rings is 1. The van der Waals surface area contributed by atoms with Gasteiger partial charge in [0, 0.05) is 42.9 Å². The quantitative estimate of drug-likeness (QED) is 0.829. The fourth-order valence-corrected chi connectivity index (χ4v) is 4.28. The number of urea groups is 1. The molecule has 4 nitrogen and oxygen atoms in total. The molecule has 0 spiro atoms. The van der Waals surface area contributed by atoms with Gasteiger partial charge in [0.15, 0.2) is 0 Å². The Balaban J connectivity index is 1.44. The molecule has 24 heavy (non-hydrogen) atoms. The third kappa shape index (κ3) is 4.44. The Hall–Kier alpha value is -1.23. The van der Waals surface area contributed by atoms with Crippen LogP contribution in [0.15, 0.2) is 28.7 Å². The molecular formula is C19H28BrN3O. The summed E-state index contributed by atoms with van der Waals surface area (Å²) in [6, 6.07) is 8.98. The molecule has 132 valence electrons. The molecule has 1 heterocycles. The fraction of sp³-hybridized carbons (Fsp3) is 0.632. The van der Waals surface area contributed by atoms with E-state index in [1.165, 1.54) is 24.9 Å². The van der Waals surface area contributed by atoms with Crippen molar-refractivity contribution < 1.29 is 4.79 Å². The van der Waals surface area contributed by atoms with Crippen molar-refractivity contribution >= 4 is 27.6 Å². The average Bonchev–Trinajstić information content (AvgIpc) is 3.09. The smallest absolute Gasteiger partial charge is 0.317 e. The van der Waals surface area contributed by atoms with E-state index in [0.717, 1.165) is 43.4 Å². The average molecular weight is 394 g/mol. The van der Waals surface area contributed by atoms with Crippen molar-refractivity contribution in [2.75, 3.05) is 31.6 Å². The Labute approximate surface area is 153 Å². The second-order valence-corrected chi connectivity index (χ2v) is 8.09. The molecule has 2 amide bonds. The van der Waals surface area contributed by atoms with Gasteiger partial charge in [0.1, 0.15) is 0 Å². The van der Waals surface area contributed by atoms with Gasteiger partial charge in [0.05, 0.1) is 0 Å². The second kappa shape index (κ2) is 8.24. The zero-order valence-corrected chi connectivity index (χ0v) is 16.1. The summed E-state index contributed by atoms with van der Waals surface area (Å²) in [6.45, 7) is 2.86. The van der Waals surface area contributed by atoms with E-state index in [0.29, 0.717) is 12.0 Å². The Morgan fingerprint density at radius 2 is 2.08 bits per heavy atom. The molecule has 1 aliphatic carbocycles. The number of amides is 2. The first-order valence-electron chi connectivity index (χ1n) is 9.14. The highest BCUT2D eigenvalue weighted by Gasteiger charge is 2.25. The van der Waals surface area contributed by atoms with Gasteiger partial charge < -0.3 is 15.1 Å². The topological polar surface area (TPSA) is 35.6 Å². The number of rotatable bonds is 4. The molecule has 0 bridgehead atoms. The number of halogens is 1. The maximum Gasteiger partial charge on any atom is 0.317 e. The summed E-state index contributed by atoms with van der Waals surface area (Å²) in [7, 11) is 1.95. The van der Waals surface area contributed by atoms with E-state index in [-0.39, 0.29) is 6.03 Å². The molecule has 1 N–H and O–H groups in total. The summed E-state index contributed by atoms with van der Waals surface area (Å²) >= 11 is 3.54. The van der Waals surface area contributed by atoms with Gasteiger partial charge in [0.2, 0.25) is 0 Å². The lowest BCUT2D eigenvalue weighted by Gasteiger charge is -2.31. The molecule has 1 aromatic carbocycles. The minimum atomic E-state index is 0.0998. The molecule has 1 unspecified atom stereocenters. The van der Waals surface area contributed by atoms with E-state index in [1.807, 2.05) is 11.9 Å². The summed E-state index contributed by atoms with van der Waals surface area (Å²) in [4.78, 5) is 16.7. The molecule has 0 radical (unpaired) electrons. The SMILES string of the molecule is CN(C(=O)NCC1CCN(c2cccc(Br)c2)C1)C1CCCCC1. The first-order valence-corrected chi connectivity index (χ1v) is 9.94. The molecule has 1 aromatic rings. The number of hydrogen-bond donors (Lipinski definition) is 1. The summed E-state index contributed by atoms with van der Waals surface area (Å²) in [6.07, 6.45) is 7.28. The maximum absolute atomic E-state index is 12.4. The van der Waals surface area contributed by atoms with Crippen molar-refractivity contribution in [1.82, 2.24) is 10.2 Å². The van der Waals surface area contributed by atoms with Gasteiger partial charge in [-0.25, -0.2) is 4.79 Å². The zero-order valence-electron chi connectivity index (χ0n) is 14.5. The number of hydrogen-bond acceptors (Lipinski definition) is 2. The van der Waals surface area contributed by atoms with Gasteiger partial charge in [-0.1, -0.05) is 41.3 Å². The van der Waals surface area contributed by atoms with Crippen LogP contribution >= 0.6 is 15.9 Å². The molecule has 0 aromatic heterocycles. The van der Waals surface area contributed by atoms with Crippen LogP contribution in [0.25, 0.3) is 0 Å². The molecule has 2 aliphatic rings. The number of anilines is 1. The van der Waals surface area contributed by atoms with E-state index in [2.05, 4.69) is 50.4 Å². The molecule has 1 saturated heterocycles. The first-order chi connectivity index (χ1) is 11.6. The Morgan fingerprint density at radius 3 is 2.83 bits per heavy atom. The predicted octanol–water partition coefficient (Wildman–Crippen LogP) is 4.25. The molecule has 1 saturated carbocycles. The number of carbonyl (C=O) groups is 1. The van der Waals surface area contributed by atoms with E-state index < -0.39 is 0 Å². The summed E-state index contributed by atoms with van der Waals surface area (Å²) < 4.78 is 1.12.